The fourth-order valence-corrected chi connectivity index (χ4v) is 7.76. The first-order chi connectivity index (χ1) is 15.6. The first-order valence-electron chi connectivity index (χ1n) is 12.4. The van der Waals surface area contributed by atoms with Gasteiger partial charge < -0.3 is 33.9 Å². The number of aliphatic hydroxyl groups is 2. The second-order valence-electron chi connectivity index (χ2n) is 12.8. The molecule has 5 rings (SSSR count). The summed E-state index contributed by atoms with van der Waals surface area (Å²) in [7, 11) is 1.55. The van der Waals surface area contributed by atoms with Crippen LogP contribution in [0.5, 0.6) is 0 Å². The molecule has 2 N–H and O–H groups in total. The van der Waals surface area contributed by atoms with Crippen molar-refractivity contribution in [1.29, 1.82) is 0 Å². The second kappa shape index (κ2) is 7.12. The Labute approximate surface area is 201 Å². The molecule has 4 fully saturated rings. The minimum absolute atomic E-state index is 0.00260. The molecule has 2 saturated heterocycles. The van der Waals surface area contributed by atoms with Crippen molar-refractivity contribution in [2.45, 2.75) is 108 Å². The summed E-state index contributed by atoms with van der Waals surface area (Å²) in [5, 5.41) is 23.7. The third-order valence-corrected chi connectivity index (χ3v) is 9.58. The van der Waals surface area contributed by atoms with E-state index in [4.69, 9.17) is 23.7 Å². The van der Waals surface area contributed by atoms with Crippen LogP contribution in [-0.4, -0.2) is 83.3 Å². The number of methoxy groups -OCH3 is 1. The van der Waals surface area contributed by atoms with Crippen molar-refractivity contribution in [3.05, 3.63) is 11.6 Å². The number of rotatable bonds is 4. The molecule has 8 heteroatoms. The topological polar surface area (TPSA) is 110 Å². The molecular formula is C26H40O8. The molecule has 2 heterocycles. The first kappa shape index (κ1) is 24.8. The minimum atomic E-state index is -1.47. The first-order valence-corrected chi connectivity index (χ1v) is 12.4. The zero-order valence-corrected chi connectivity index (χ0v) is 21.6. The number of hydrogen-bond donors (Lipinski definition) is 2. The lowest BCUT2D eigenvalue weighted by atomic mass is 9.46. The Kier molecular flexibility index (Phi) is 5.20. The van der Waals surface area contributed by atoms with Gasteiger partial charge in [-0.25, -0.2) is 0 Å². The van der Waals surface area contributed by atoms with Gasteiger partial charge in [0, 0.05) is 30.3 Å². The summed E-state index contributed by atoms with van der Waals surface area (Å²) in [5.41, 5.74) is -5.00. The number of ether oxygens (including phenoxy) is 5. The molecule has 3 aliphatic carbocycles. The van der Waals surface area contributed by atoms with E-state index in [0.29, 0.717) is 25.0 Å². The second-order valence-corrected chi connectivity index (χ2v) is 12.8. The van der Waals surface area contributed by atoms with Crippen molar-refractivity contribution in [2.24, 2.45) is 16.7 Å². The molecule has 2 spiro atoms. The Morgan fingerprint density at radius 3 is 2.41 bits per heavy atom. The number of hydrogen-bond acceptors (Lipinski definition) is 8. The van der Waals surface area contributed by atoms with Gasteiger partial charge in [-0.2, -0.15) is 0 Å². The number of epoxide rings is 2. The summed E-state index contributed by atoms with van der Waals surface area (Å²) >= 11 is 0. The Hall–Kier alpha value is -0.870. The highest BCUT2D eigenvalue weighted by atomic mass is 16.7. The van der Waals surface area contributed by atoms with Crippen LogP contribution in [0, 0.1) is 16.7 Å². The van der Waals surface area contributed by atoms with Crippen LogP contribution in [0.4, 0.5) is 0 Å². The molecule has 2 saturated carbocycles. The van der Waals surface area contributed by atoms with Gasteiger partial charge in [0.25, 0.3) is 0 Å². The summed E-state index contributed by atoms with van der Waals surface area (Å²) in [6.45, 7) is 14.1. The van der Waals surface area contributed by atoms with Crippen molar-refractivity contribution in [3.63, 3.8) is 0 Å². The molecule has 2 bridgehead atoms. The molecule has 0 aromatic heterocycles. The lowest BCUT2D eigenvalue weighted by Crippen LogP contribution is -2.72. The number of carbonyl (C=O) groups excluding carboxylic acids is 1. The molecule has 0 aromatic rings. The molecular weight excluding hydrogens is 440 g/mol. The van der Waals surface area contributed by atoms with E-state index < -0.39 is 51.5 Å². The Balaban J connectivity index is 1.72. The van der Waals surface area contributed by atoms with Crippen LogP contribution in [0.25, 0.3) is 0 Å². The van der Waals surface area contributed by atoms with Crippen LogP contribution in [0.2, 0.25) is 0 Å². The third kappa shape index (κ3) is 2.88. The molecule has 34 heavy (non-hydrogen) atoms. The van der Waals surface area contributed by atoms with E-state index in [1.165, 1.54) is 6.08 Å². The highest BCUT2D eigenvalue weighted by molar-refractivity contribution is 6.03. The van der Waals surface area contributed by atoms with Gasteiger partial charge in [0.1, 0.15) is 24.1 Å². The van der Waals surface area contributed by atoms with Gasteiger partial charge in [0.2, 0.25) is 0 Å². The summed E-state index contributed by atoms with van der Waals surface area (Å²) in [5.74, 6) is -0.465. The van der Waals surface area contributed by atoms with Crippen LogP contribution < -0.4 is 0 Å². The van der Waals surface area contributed by atoms with E-state index in [0.717, 1.165) is 0 Å². The van der Waals surface area contributed by atoms with Crippen LogP contribution >= 0.6 is 0 Å². The molecule has 0 aromatic carbocycles. The Morgan fingerprint density at radius 2 is 1.85 bits per heavy atom. The van der Waals surface area contributed by atoms with E-state index in [1.807, 2.05) is 34.6 Å². The van der Waals surface area contributed by atoms with E-state index in [1.54, 1.807) is 14.0 Å². The molecule has 2 aliphatic heterocycles. The molecule has 8 nitrogen and oxygen atoms in total. The normalized spacial score (nSPS) is 51.2. The number of carbonyl (C=O) groups is 1. The van der Waals surface area contributed by atoms with Gasteiger partial charge in [-0.1, -0.05) is 20.8 Å². The number of fused-ring (bicyclic) bond motifs is 4. The lowest BCUT2D eigenvalue weighted by Gasteiger charge is -2.60. The summed E-state index contributed by atoms with van der Waals surface area (Å²) in [6.07, 6.45) is 0.0265. The van der Waals surface area contributed by atoms with Gasteiger partial charge >= 0.3 is 0 Å². The summed E-state index contributed by atoms with van der Waals surface area (Å²) in [6, 6.07) is 0. The molecule has 0 radical (unpaired) electrons. The molecule has 0 unspecified atom stereocenters. The van der Waals surface area contributed by atoms with Crippen LogP contribution in [0.1, 0.15) is 61.3 Å². The van der Waals surface area contributed by atoms with Crippen molar-refractivity contribution in [1.82, 2.24) is 0 Å². The standard InChI is InChI=1S/C26H40O8/c1-14-9-16(28)26-20(34-26)19-23(7,11-18(31-13-30-8)25(14,29)22(26,5)6)17(33-21(2,3)4)10-15(27)24(19)12-32-24/h9,15,17-20,27,29H,10-13H2,1-8H3/t15-,17-,18+,19+,20+,23+,24+,25-,26+/m0/s1. The van der Waals surface area contributed by atoms with E-state index in [9.17, 15) is 15.0 Å². The predicted octanol–water partition coefficient (Wildman–Crippen LogP) is 2.14. The van der Waals surface area contributed by atoms with Gasteiger partial charge in [-0.05, 0) is 45.8 Å². The smallest absolute Gasteiger partial charge is 0.190 e. The minimum Gasteiger partial charge on any atom is -0.390 e. The van der Waals surface area contributed by atoms with E-state index in [-0.39, 0.29) is 24.6 Å². The van der Waals surface area contributed by atoms with E-state index >= 15 is 0 Å². The van der Waals surface area contributed by atoms with Gasteiger partial charge in [-0.15, -0.1) is 0 Å². The third-order valence-electron chi connectivity index (χ3n) is 9.58. The molecule has 9 atom stereocenters. The zero-order valence-electron chi connectivity index (χ0n) is 21.6. The Morgan fingerprint density at radius 1 is 1.21 bits per heavy atom. The van der Waals surface area contributed by atoms with E-state index in [2.05, 4.69) is 6.92 Å². The average molecular weight is 481 g/mol. The monoisotopic (exact) mass is 480 g/mol. The van der Waals surface area contributed by atoms with Gasteiger partial charge in [0.15, 0.2) is 11.4 Å². The molecule has 0 amide bonds. The highest BCUT2D eigenvalue weighted by Gasteiger charge is 2.86. The van der Waals surface area contributed by atoms with Crippen molar-refractivity contribution < 1.29 is 38.7 Å². The predicted molar refractivity (Wildman–Crippen MR) is 122 cm³/mol. The van der Waals surface area contributed by atoms with Gasteiger partial charge in [0.05, 0.1) is 30.5 Å². The maximum atomic E-state index is 13.6. The average Bonchev–Trinajstić information content (AvgIpc) is 3.62. The largest absolute Gasteiger partial charge is 0.390 e. The Bertz CT molecular complexity index is 916. The fraction of sp³-hybridized carbons (Fsp3) is 0.885. The quantitative estimate of drug-likeness (QED) is 0.465. The van der Waals surface area contributed by atoms with Crippen LogP contribution in [0.3, 0.4) is 0 Å². The maximum absolute atomic E-state index is 13.6. The van der Waals surface area contributed by atoms with Crippen molar-refractivity contribution >= 4 is 5.78 Å². The molecule has 5 aliphatic rings. The SMILES string of the molecule is COCO[C@@H]1C[C@]2(C)[C@@H](OC(C)(C)C)C[C@H](O)[C@]3(CO3)[C@@H]2[C@H]2O[C@]23C(=O)C=C(C)[C@@]1(O)C3(C)C. The zero-order chi connectivity index (χ0) is 25.1. The lowest BCUT2D eigenvalue weighted by molar-refractivity contribution is -0.244. The highest BCUT2D eigenvalue weighted by Crippen LogP contribution is 2.72. The van der Waals surface area contributed by atoms with Crippen LogP contribution in [0.15, 0.2) is 11.6 Å². The van der Waals surface area contributed by atoms with Crippen LogP contribution in [-0.2, 0) is 28.5 Å². The summed E-state index contributed by atoms with van der Waals surface area (Å²) < 4.78 is 30.5. The fourth-order valence-electron chi connectivity index (χ4n) is 7.76. The molecule has 192 valence electrons. The summed E-state index contributed by atoms with van der Waals surface area (Å²) in [4.78, 5) is 13.6. The van der Waals surface area contributed by atoms with Crippen molar-refractivity contribution in [3.8, 4) is 0 Å². The van der Waals surface area contributed by atoms with Crippen molar-refractivity contribution in [2.75, 3.05) is 20.5 Å². The maximum Gasteiger partial charge on any atom is 0.190 e. The van der Waals surface area contributed by atoms with Gasteiger partial charge in [-0.3, -0.25) is 4.79 Å². The number of aliphatic hydroxyl groups excluding tert-OH is 1. The number of ketones is 1.